The van der Waals surface area contributed by atoms with E-state index >= 15 is 0 Å². The molecule has 2 fully saturated rings. The molecular formula is C18H22N2O6S. The second-order valence-corrected chi connectivity index (χ2v) is 7.37. The number of amides is 1. The Labute approximate surface area is 160 Å². The number of nitrogens with zero attached hydrogens (tertiary/aromatic N) is 1. The molecule has 0 bridgehead atoms. The molecule has 1 atom stereocenters. The zero-order valence-corrected chi connectivity index (χ0v) is 15.9. The Morgan fingerprint density at radius 1 is 1.26 bits per heavy atom. The monoisotopic (exact) mass is 394 g/mol. The van der Waals surface area contributed by atoms with Gasteiger partial charge in [0.05, 0.1) is 44.8 Å². The van der Waals surface area contributed by atoms with Crippen molar-refractivity contribution in [1.29, 1.82) is 0 Å². The Balaban J connectivity index is 1.58. The lowest BCUT2D eigenvalue weighted by atomic mass is 10.0. The maximum Gasteiger partial charge on any atom is 0.415 e. The molecule has 2 aliphatic rings. The normalized spacial score (nSPS) is 21.1. The van der Waals surface area contributed by atoms with Crippen molar-refractivity contribution in [3.05, 3.63) is 17.7 Å². The summed E-state index contributed by atoms with van der Waals surface area (Å²) in [5.74, 6) is 0.758. The van der Waals surface area contributed by atoms with Crippen molar-refractivity contribution in [2.24, 2.45) is 0 Å². The quantitative estimate of drug-likeness (QED) is 0.852. The fourth-order valence-corrected chi connectivity index (χ4v) is 4.28. The lowest BCUT2D eigenvalue weighted by Crippen LogP contribution is -2.21. The number of ether oxygens (including phenoxy) is 5. The van der Waals surface area contributed by atoms with Gasteiger partial charge in [0.15, 0.2) is 5.13 Å². The lowest BCUT2D eigenvalue weighted by molar-refractivity contribution is -0.0633. The number of nitrogens with one attached hydrogen (secondary N) is 1. The summed E-state index contributed by atoms with van der Waals surface area (Å²) in [6, 6.07) is 3.90. The van der Waals surface area contributed by atoms with Crippen molar-refractivity contribution >= 4 is 32.8 Å². The van der Waals surface area contributed by atoms with Crippen LogP contribution in [0.4, 0.5) is 9.93 Å². The van der Waals surface area contributed by atoms with Crippen LogP contribution in [0, 0.1) is 0 Å². The molecule has 0 unspecified atom stereocenters. The maximum atomic E-state index is 12.1. The number of carbonyl (C=O) groups is 1. The predicted molar refractivity (Wildman–Crippen MR) is 99.6 cm³/mol. The fraction of sp³-hybridized carbons (Fsp3) is 0.556. The van der Waals surface area contributed by atoms with E-state index in [0.717, 1.165) is 16.7 Å². The first kappa shape index (κ1) is 18.4. The largest absolute Gasteiger partial charge is 0.494 e. The zero-order chi connectivity index (χ0) is 18.6. The van der Waals surface area contributed by atoms with Crippen LogP contribution in [0.5, 0.6) is 5.75 Å². The molecule has 1 aromatic heterocycles. The molecule has 0 spiro atoms. The Morgan fingerprint density at radius 2 is 2.07 bits per heavy atom. The highest BCUT2D eigenvalue weighted by Crippen LogP contribution is 2.38. The summed E-state index contributed by atoms with van der Waals surface area (Å²) in [7, 11) is 1.60. The highest BCUT2D eigenvalue weighted by molar-refractivity contribution is 7.22. The number of hydrogen-bond donors (Lipinski definition) is 1. The number of hydrogen-bond acceptors (Lipinski definition) is 8. The number of rotatable bonds is 4. The maximum absolute atomic E-state index is 12.1. The van der Waals surface area contributed by atoms with Gasteiger partial charge in [-0.05, 0) is 18.1 Å². The van der Waals surface area contributed by atoms with Gasteiger partial charge in [-0.1, -0.05) is 17.4 Å². The average Bonchev–Trinajstić information content (AvgIpc) is 3.23. The van der Waals surface area contributed by atoms with E-state index in [2.05, 4.69) is 10.3 Å². The topological polar surface area (TPSA) is 88.1 Å². The molecule has 27 heavy (non-hydrogen) atoms. The predicted octanol–water partition coefficient (Wildman–Crippen LogP) is 3.12. The fourth-order valence-electron chi connectivity index (χ4n) is 3.22. The average molecular weight is 394 g/mol. The molecule has 2 aromatic rings. The first-order valence-electron chi connectivity index (χ1n) is 8.96. The van der Waals surface area contributed by atoms with Crippen LogP contribution in [0.1, 0.15) is 24.3 Å². The van der Waals surface area contributed by atoms with Crippen LogP contribution >= 0.6 is 11.3 Å². The van der Waals surface area contributed by atoms with Gasteiger partial charge in [0.25, 0.3) is 0 Å². The third-order valence-corrected chi connectivity index (χ3v) is 5.56. The molecule has 0 radical (unpaired) electrons. The number of benzene rings is 1. The molecule has 2 aliphatic heterocycles. The molecule has 8 nitrogen and oxygen atoms in total. The van der Waals surface area contributed by atoms with Crippen molar-refractivity contribution in [2.75, 3.05) is 45.5 Å². The van der Waals surface area contributed by atoms with Gasteiger partial charge in [-0.3, -0.25) is 5.32 Å². The van der Waals surface area contributed by atoms with Crippen molar-refractivity contribution in [1.82, 2.24) is 4.98 Å². The summed E-state index contributed by atoms with van der Waals surface area (Å²) in [6.45, 7) is 2.98. The second kappa shape index (κ2) is 8.39. The van der Waals surface area contributed by atoms with Crippen molar-refractivity contribution in [3.8, 4) is 5.75 Å². The summed E-state index contributed by atoms with van der Waals surface area (Å²) >= 11 is 1.39. The van der Waals surface area contributed by atoms with Crippen LogP contribution in [-0.2, 0) is 18.9 Å². The summed E-state index contributed by atoms with van der Waals surface area (Å²) in [4.78, 5) is 16.6. The number of fused-ring (bicyclic) bond motifs is 1. The van der Waals surface area contributed by atoms with E-state index in [9.17, 15) is 4.79 Å². The van der Waals surface area contributed by atoms with Crippen molar-refractivity contribution in [3.63, 3.8) is 0 Å². The molecule has 3 heterocycles. The summed E-state index contributed by atoms with van der Waals surface area (Å²) < 4.78 is 28.2. The van der Waals surface area contributed by atoms with E-state index in [1.54, 1.807) is 7.11 Å². The first-order chi connectivity index (χ1) is 13.2. The van der Waals surface area contributed by atoms with E-state index in [4.69, 9.17) is 23.7 Å². The second-order valence-electron chi connectivity index (χ2n) is 6.37. The minimum atomic E-state index is -0.567. The highest BCUT2D eigenvalue weighted by Gasteiger charge is 2.24. The zero-order valence-electron chi connectivity index (χ0n) is 15.1. The Hall–Kier alpha value is -1.94. The summed E-state index contributed by atoms with van der Waals surface area (Å²) in [5, 5.41) is 3.15. The Kier molecular flexibility index (Phi) is 5.72. The minimum absolute atomic E-state index is 0.105. The SMILES string of the molecule is COc1ccc(C2COCCOC2)c2sc(NC(=O)O[C@@H]3CCCO3)nc12. The molecule has 0 aliphatic carbocycles. The smallest absolute Gasteiger partial charge is 0.415 e. The first-order valence-corrected chi connectivity index (χ1v) is 9.78. The number of aromatic nitrogens is 1. The van der Waals surface area contributed by atoms with Gasteiger partial charge >= 0.3 is 6.09 Å². The van der Waals surface area contributed by atoms with Crippen LogP contribution in [-0.4, -0.2) is 57.5 Å². The molecule has 1 N–H and O–H groups in total. The highest BCUT2D eigenvalue weighted by atomic mass is 32.1. The Bertz CT molecular complexity index is 796. The van der Waals surface area contributed by atoms with Gasteiger partial charge in [0, 0.05) is 12.3 Å². The minimum Gasteiger partial charge on any atom is -0.494 e. The molecule has 1 amide bonds. The van der Waals surface area contributed by atoms with Crippen LogP contribution in [0.15, 0.2) is 12.1 Å². The molecule has 4 rings (SSSR count). The molecule has 9 heteroatoms. The van der Waals surface area contributed by atoms with E-state index in [1.165, 1.54) is 11.3 Å². The van der Waals surface area contributed by atoms with Crippen LogP contribution < -0.4 is 10.1 Å². The number of carbonyl (C=O) groups excluding carboxylic acids is 1. The van der Waals surface area contributed by atoms with Crippen LogP contribution in [0.25, 0.3) is 10.2 Å². The van der Waals surface area contributed by atoms with E-state index in [1.807, 2.05) is 12.1 Å². The standard InChI is InChI=1S/C18H22N2O6S/c1-22-13-5-4-12(11-9-23-7-8-24-10-11)16-15(13)19-17(27-16)20-18(21)26-14-3-2-6-25-14/h4-5,11,14H,2-3,6-10H2,1H3,(H,19,20,21)/t14-/m1/s1. The van der Waals surface area contributed by atoms with E-state index in [-0.39, 0.29) is 5.92 Å². The molecule has 146 valence electrons. The van der Waals surface area contributed by atoms with Gasteiger partial charge in [-0.25, -0.2) is 9.78 Å². The third kappa shape index (κ3) is 4.16. The summed E-state index contributed by atoms with van der Waals surface area (Å²) in [6.07, 6.45) is 0.560. The van der Waals surface area contributed by atoms with E-state index < -0.39 is 12.4 Å². The van der Waals surface area contributed by atoms with Gasteiger partial charge in [0.2, 0.25) is 6.29 Å². The number of thiazole rings is 1. The van der Waals surface area contributed by atoms with Gasteiger partial charge in [-0.2, -0.15) is 0 Å². The molecule has 1 aromatic carbocycles. The van der Waals surface area contributed by atoms with E-state index in [0.29, 0.717) is 55.9 Å². The van der Waals surface area contributed by atoms with Crippen LogP contribution in [0.3, 0.4) is 0 Å². The van der Waals surface area contributed by atoms with Crippen LogP contribution in [0.2, 0.25) is 0 Å². The molecule has 0 saturated carbocycles. The lowest BCUT2D eigenvalue weighted by Gasteiger charge is -2.15. The summed E-state index contributed by atoms with van der Waals surface area (Å²) in [5.41, 5.74) is 1.78. The van der Waals surface area contributed by atoms with Crippen molar-refractivity contribution in [2.45, 2.75) is 25.0 Å². The number of methoxy groups -OCH3 is 1. The molecule has 2 saturated heterocycles. The van der Waals surface area contributed by atoms with Gasteiger partial charge < -0.3 is 23.7 Å². The van der Waals surface area contributed by atoms with Gasteiger partial charge in [0.1, 0.15) is 11.3 Å². The number of anilines is 1. The third-order valence-electron chi connectivity index (χ3n) is 4.54. The van der Waals surface area contributed by atoms with Gasteiger partial charge in [-0.15, -0.1) is 0 Å². The Morgan fingerprint density at radius 3 is 2.78 bits per heavy atom. The van der Waals surface area contributed by atoms with Crippen molar-refractivity contribution < 1.29 is 28.5 Å². The molecular weight excluding hydrogens is 372 g/mol.